The van der Waals surface area contributed by atoms with Crippen molar-refractivity contribution < 1.29 is 14.4 Å². The summed E-state index contributed by atoms with van der Waals surface area (Å²) >= 11 is 0. The number of carbonyl (C=O) groups is 3. The van der Waals surface area contributed by atoms with E-state index in [4.69, 9.17) is 0 Å². The topological polar surface area (TPSA) is 69.7 Å². The van der Waals surface area contributed by atoms with E-state index >= 15 is 0 Å². The van der Waals surface area contributed by atoms with Crippen LogP contribution >= 0.6 is 0 Å². The lowest BCUT2D eigenvalue weighted by Crippen LogP contribution is -2.51. The highest BCUT2D eigenvalue weighted by Gasteiger charge is 2.24. The van der Waals surface area contributed by atoms with Gasteiger partial charge in [0.1, 0.15) is 0 Å². The van der Waals surface area contributed by atoms with Crippen LogP contribution in [0, 0.1) is 0 Å². The standard InChI is InChI=1S/C20H21N3O3/c1-15(24)16-7-9-18(10-8-16)21-20(26)23-13-11-22(12-14-23)19(25)17-5-3-2-4-6-17/h2-10H,11-14H2,1H3,(H,21,26). The molecule has 0 atom stereocenters. The summed E-state index contributed by atoms with van der Waals surface area (Å²) < 4.78 is 0. The first-order chi connectivity index (χ1) is 12.5. The van der Waals surface area contributed by atoms with Crippen molar-refractivity contribution in [1.82, 2.24) is 9.80 Å². The predicted octanol–water partition coefficient (Wildman–Crippen LogP) is 2.88. The highest BCUT2D eigenvalue weighted by Crippen LogP contribution is 2.13. The first-order valence-corrected chi connectivity index (χ1v) is 8.56. The molecule has 3 amide bonds. The Morgan fingerprint density at radius 1 is 0.769 bits per heavy atom. The maximum Gasteiger partial charge on any atom is 0.321 e. The minimum atomic E-state index is -0.201. The fourth-order valence-corrected chi connectivity index (χ4v) is 2.87. The lowest BCUT2D eigenvalue weighted by atomic mass is 10.1. The second-order valence-corrected chi connectivity index (χ2v) is 6.21. The van der Waals surface area contributed by atoms with Crippen molar-refractivity contribution in [1.29, 1.82) is 0 Å². The van der Waals surface area contributed by atoms with Crippen LogP contribution in [-0.2, 0) is 0 Å². The van der Waals surface area contributed by atoms with Gasteiger partial charge in [-0.1, -0.05) is 18.2 Å². The van der Waals surface area contributed by atoms with Gasteiger partial charge in [0.25, 0.3) is 5.91 Å². The molecule has 3 rings (SSSR count). The Bertz CT molecular complexity index is 795. The van der Waals surface area contributed by atoms with Crippen LogP contribution in [0.4, 0.5) is 10.5 Å². The Balaban J connectivity index is 1.53. The molecule has 6 nitrogen and oxygen atoms in total. The molecule has 0 aliphatic carbocycles. The van der Waals surface area contributed by atoms with Gasteiger partial charge in [0.2, 0.25) is 0 Å². The van der Waals surface area contributed by atoms with Gasteiger partial charge in [-0.15, -0.1) is 0 Å². The second-order valence-electron chi connectivity index (χ2n) is 6.21. The highest BCUT2D eigenvalue weighted by molar-refractivity contribution is 5.96. The van der Waals surface area contributed by atoms with E-state index in [1.165, 1.54) is 6.92 Å². The minimum Gasteiger partial charge on any atom is -0.335 e. The zero-order valence-electron chi connectivity index (χ0n) is 14.6. The molecule has 2 aromatic rings. The lowest BCUT2D eigenvalue weighted by Gasteiger charge is -2.34. The molecule has 134 valence electrons. The number of hydrogen-bond acceptors (Lipinski definition) is 3. The summed E-state index contributed by atoms with van der Waals surface area (Å²) in [4.78, 5) is 39.6. The van der Waals surface area contributed by atoms with E-state index in [0.717, 1.165) is 0 Å². The number of urea groups is 1. The van der Waals surface area contributed by atoms with E-state index in [2.05, 4.69) is 5.32 Å². The van der Waals surface area contributed by atoms with Crippen LogP contribution in [-0.4, -0.2) is 53.7 Å². The van der Waals surface area contributed by atoms with Crippen molar-refractivity contribution in [2.24, 2.45) is 0 Å². The van der Waals surface area contributed by atoms with Gasteiger partial charge in [-0.3, -0.25) is 9.59 Å². The quantitative estimate of drug-likeness (QED) is 0.865. The Morgan fingerprint density at radius 3 is 1.92 bits per heavy atom. The largest absolute Gasteiger partial charge is 0.335 e. The molecule has 26 heavy (non-hydrogen) atoms. The molecular formula is C20H21N3O3. The molecule has 1 N–H and O–H groups in total. The summed E-state index contributed by atoms with van der Waals surface area (Å²) in [5, 5.41) is 2.83. The number of benzene rings is 2. The third-order valence-electron chi connectivity index (χ3n) is 4.42. The summed E-state index contributed by atoms with van der Waals surface area (Å²) in [6.45, 7) is 3.48. The van der Waals surface area contributed by atoms with E-state index in [1.807, 2.05) is 18.2 Å². The van der Waals surface area contributed by atoms with Gasteiger partial charge in [0.15, 0.2) is 5.78 Å². The second kappa shape index (κ2) is 7.82. The maximum atomic E-state index is 12.4. The van der Waals surface area contributed by atoms with E-state index in [1.54, 1.807) is 46.2 Å². The average Bonchev–Trinajstić information content (AvgIpc) is 2.68. The van der Waals surface area contributed by atoms with Gasteiger partial charge in [-0.25, -0.2) is 4.79 Å². The van der Waals surface area contributed by atoms with E-state index in [9.17, 15) is 14.4 Å². The predicted molar refractivity (Wildman–Crippen MR) is 99.4 cm³/mol. The number of anilines is 1. The Morgan fingerprint density at radius 2 is 1.35 bits per heavy atom. The monoisotopic (exact) mass is 351 g/mol. The Hall–Kier alpha value is -3.15. The van der Waals surface area contributed by atoms with E-state index in [-0.39, 0.29) is 17.7 Å². The van der Waals surface area contributed by atoms with Gasteiger partial charge in [-0.05, 0) is 43.3 Å². The maximum absolute atomic E-state index is 12.4. The van der Waals surface area contributed by atoms with Crippen molar-refractivity contribution in [3.63, 3.8) is 0 Å². The van der Waals surface area contributed by atoms with Crippen molar-refractivity contribution in [2.45, 2.75) is 6.92 Å². The number of nitrogens with one attached hydrogen (secondary N) is 1. The molecule has 1 heterocycles. The van der Waals surface area contributed by atoms with Gasteiger partial charge < -0.3 is 15.1 Å². The highest BCUT2D eigenvalue weighted by atomic mass is 16.2. The fraction of sp³-hybridized carbons (Fsp3) is 0.250. The number of nitrogens with zero attached hydrogens (tertiary/aromatic N) is 2. The molecule has 0 saturated carbocycles. The van der Waals surface area contributed by atoms with E-state index < -0.39 is 0 Å². The van der Waals surface area contributed by atoms with Crippen molar-refractivity contribution in [2.75, 3.05) is 31.5 Å². The van der Waals surface area contributed by atoms with Crippen LogP contribution in [0.15, 0.2) is 54.6 Å². The normalized spacial score (nSPS) is 14.0. The van der Waals surface area contributed by atoms with Crippen LogP contribution in [0.25, 0.3) is 0 Å². The summed E-state index contributed by atoms with van der Waals surface area (Å²) in [5.41, 5.74) is 1.91. The Labute approximate surface area is 152 Å². The van der Waals surface area contributed by atoms with Crippen LogP contribution in [0.1, 0.15) is 27.6 Å². The molecule has 1 aliphatic rings. The zero-order chi connectivity index (χ0) is 18.5. The molecule has 6 heteroatoms. The van der Waals surface area contributed by atoms with E-state index in [0.29, 0.717) is 43.0 Å². The summed E-state index contributed by atoms with van der Waals surface area (Å²) in [5.74, 6) is -0.0208. The van der Waals surface area contributed by atoms with Gasteiger partial charge in [-0.2, -0.15) is 0 Å². The molecule has 0 spiro atoms. The number of Topliss-reactive ketones (excluding diaryl/α,β-unsaturated/α-hetero) is 1. The Kier molecular flexibility index (Phi) is 5.31. The first-order valence-electron chi connectivity index (χ1n) is 8.56. The molecule has 0 radical (unpaired) electrons. The lowest BCUT2D eigenvalue weighted by molar-refractivity contribution is 0.0671. The molecular weight excluding hydrogens is 330 g/mol. The van der Waals surface area contributed by atoms with Crippen molar-refractivity contribution >= 4 is 23.4 Å². The minimum absolute atomic E-state index is 0.00882. The summed E-state index contributed by atoms with van der Waals surface area (Å²) in [6.07, 6.45) is 0. The smallest absolute Gasteiger partial charge is 0.321 e. The number of piperazine rings is 1. The van der Waals surface area contributed by atoms with Crippen molar-refractivity contribution in [3.05, 3.63) is 65.7 Å². The molecule has 1 saturated heterocycles. The first kappa shape index (κ1) is 17.7. The SMILES string of the molecule is CC(=O)c1ccc(NC(=O)N2CCN(C(=O)c3ccccc3)CC2)cc1. The molecule has 0 unspecified atom stereocenters. The van der Waals surface area contributed by atoms with Gasteiger partial charge >= 0.3 is 6.03 Å². The number of amides is 3. The number of carbonyl (C=O) groups excluding carboxylic acids is 3. The third-order valence-corrected chi connectivity index (χ3v) is 4.42. The molecule has 1 fully saturated rings. The molecule has 2 aromatic carbocycles. The van der Waals surface area contributed by atoms with Crippen LogP contribution in [0.5, 0.6) is 0 Å². The summed E-state index contributed by atoms with van der Waals surface area (Å²) in [6, 6.07) is 15.8. The van der Waals surface area contributed by atoms with Crippen molar-refractivity contribution in [3.8, 4) is 0 Å². The molecule has 1 aliphatic heterocycles. The zero-order valence-corrected chi connectivity index (χ0v) is 14.6. The van der Waals surface area contributed by atoms with Crippen LogP contribution < -0.4 is 5.32 Å². The average molecular weight is 351 g/mol. The van der Waals surface area contributed by atoms with Gasteiger partial charge in [0, 0.05) is 43.0 Å². The van der Waals surface area contributed by atoms with Crippen LogP contribution in [0.3, 0.4) is 0 Å². The van der Waals surface area contributed by atoms with Gasteiger partial charge in [0.05, 0.1) is 0 Å². The van der Waals surface area contributed by atoms with Crippen LogP contribution in [0.2, 0.25) is 0 Å². The fourth-order valence-electron chi connectivity index (χ4n) is 2.87. The number of hydrogen-bond donors (Lipinski definition) is 1. The molecule has 0 bridgehead atoms. The number of rotatable bonds is 3. The molecule has 0 aromatic heterocycles. The summed E-state index contributed by atoms with van der Waals surface area (Å²) in [7, 11) is 0. The third kappa shape index (κ3) is 4.08. The number of ketones is 1.